The normalized spacial score (nSPS) is 11.2. The Balaban J connectivity index is 3.42. The molecule has 138 valence electrons. The minimum atomic E-state index is -3.63. The third-order valence-corrected chi connectivity index (χ3v) is 5.97. The van der Waals surface area contributed by atoms with Gasteiger partial charge >= 0.3 is 0 Å². The predicted molar refractivity (Wildman–Crippen MR) is 99.0 cm³/mol. The molecule has 0 saturated heterocycles. The van der Waals surface area contributed by atoms with E-state index >= 15 is 0 Å². The van der Waals surface area contributed by atoms with Crippen LogP contribution in [-0.4, -0.2) is 44.8 Å². The Hall–Kier alpha value is -2.11. The van der Waals surface area contributed by atoms with E-state index < -0.39 is 15.9 Å². The molecule has 0 fully saturated rings. The number of rotatable bonds is 9. The zero-order valence-corrected chi connectivity index (χ0v) is 16.1. The monoisotopic (exact) mass is 366 g/mol. The van der Waals surface area contributed by atoms with E-state index in [2.05, 4.69) is 5.32 Å². The molecular formula is C17H26N4O3S. The predicted octanol–water partition coefficient (Wildman–Crippen LogP) is 2.42. The molecule has 1 N–H and O–H groups in total. The van der Waals surface area contributed by atoms with Gasteiger partial charge in [0.05, 0.1) is 22.3 Å². The molecular weight excluding hydrogens is 340 g/mol. The van der Waals surface area contributed by atoms with Crippen LogP contribution in [0.15, 0.2) is 23.1 Å². The second kappa shape index (κ2) is 9.39. The van der Waals surface area contributed by atoms with Crippen LogP contribution in [0.3, 0.4) is 0 Å². The number of benzene rings is 1. The lowest BCUT2D eigenvalue weighted by Crippen LogP contribution is -2.31. The number of sulfonamides is 1. The van der Waals surface area contributed by atoms with Gasteiger partial charge in [-0.05, 0) is 32.0 Å². The fourth-order valence-corrected chi connectivity index (χ4v) is 4.08. The van der Waals surface area contributed by atoms with Crippen LogP contribution in [0.5, 0.6) is 0 Å². The summed E-state index contributed by atoms with van der Waals surface area (Å²) in [7, 11) is -3.63. The minimum Gasteiger partial charge on any atom is -0.370 e. The summed E-state index contributed by atoms with van der Waals surface area (Å²) in [5.74, 6) is -0.465. The Bertz CT molecular complexity index is 733. The van der Waals surface area contributed by atoms with Crippen molar-refractivity contribution < 1.29 is 13.2 Å². The fraction of sp³-hybridized carbons (Fsp3) is 0.529. The number of nitrogens with zero attached hydrogens (tertiary/aromatic N) is 3. The van der Waals surface area contributed by atoms with Crippen LogP contribution >= 0.6 is 0 Å². The van der Waals surface area contributed by atoms with Crippen molar-refractivity contribution in [3.05, 3.63) is 18.2 Å². The van der Waals surface area contributed by atoms with Crippen LogP contribution in [0.1, 0.15) is 34.1 Å². The molecule has 25 heavy (non-hydrogen) atoms. The van der Waals surface area contributed by atoms with Crippen LogP contribution in [0.4, 0.5) is 11.4 Å². The average Bonchev–Trinajstić information content (AvgIpc) is 2.58. The Kier molecular flexibility index (Phi) is 7.87. The van der Waals surface area contributed by atoms with E-state index in [0.29, 0.717) is 31.9 Å². The van der Waals surface area contributed by atoms with E-state index in [9.17, 15) is 13.2 Å². The summed E-state index contributed by atoms with van der Waals surface area (Å²) < 4.78 is 26.8. The maximum absolute atomic E-state index is 12.7. The molecule has 0 unspecified atom stereocenters. The third-order valence-electron chi connectivity index (χ3n) is 3.93. The molecule has 1 aromatic carbocycles. The number of amides is 1. The summed E-state index contributed by atoms with van der Waals surface area (Å²) in [6, 6.07) is 6.52. The zero-order chi connectivity index (χ0) is 19.0. The lowest BCUT2D eigenvalue weighted by Gasteiger charge is -2.25. The maximum Gasteiger partial charge on any atom is 0.243 e. The second-order valence-corrected chi connectivity index (χ2v) is 7.26. The van der Waals surface area contributed by atoms with Crippen molar-refractivity contribution in [2.75, 3.05) is 36.4 Å². The van der Waals surface area contributed by atoms with Crippen molar-refractivity contribution in [2.24, 2.45) is 0 Å². The van der Waals surface area contributed by atoms with Gasteiger partial charge in [0, 0.05) is 26.2 Å². The Morgan fingerprint density at radius 2 is 1.72 bits per heavy atom. The Morgan fingerprint density at radius 3 is 2.20 bits per heavy atom. The Labute approximate surface area is 150 Å². The summed E-state index contributed by atoms with van der Waals surface area (Å²) in [5.41, 5.74) is 1.13. The summed E-state index contributed by atoms with van der Waals surface area (Å²) in [4.78, 5) is 14.0. The molecule has 0 atom stereocenters. The molecule has 0 radical (unpaired) electrons. The smallest absolute Gasteiger partial charge is 0.243 e. The quantitative estimate of drug-likeness (QED) is 0.724. The number of nitriles is 1. The highest BCUT2D eigenvalue weighted by molar-refractivity contribution is 7.89. The van der Waals surface area contributed by atoms with Crippen molar-refractivity contribution >= 4 is 27.3 Å². The summed E-state index contributed by atoms with van der Waals surface area (Å²) in [6.45, 7) is 9.66. The van der Waals surface area contributed by atoms with E-state index in [1.807, 2.05) is 18.7 Å². The number of hydrogen-bond donors (Lipinski definition) is 1. The van der Waals surface area contributed by atoms with Gasteiger partial charge in [0.15, 0.2) is 0 Å². The van der Waals surface area contributed by atoms with E-state index in [-0.39, 0.29) is 11.3 Å². The van der Waals surface area contributed by atoms with Gasteiger partial charge in [-0.1, -0.05) is 13.8 Å². The SMILES string of the molecule is CCN(CC)c1ccc(S(=O)(=O)N(CC)CC)cc1NC(=O)CC#N. The van der Waals surface area contributed by atoms with Gasteiger partial charge in [-0.25, -0.2) is 8.42 Å². The molecule has 0 aliphatic heterocycles. The first kappa shape index (κ1) is 20.9. The first-order valence-corrected chi connectivity index (χ1v) is 9.85. The van der Waals surface area contributed by atoms with E-state index in [1.54, 1.807) is 32.0 Å². The highest BCUT2D eigenvalue weighted by Crippen LogP contribution is 2.30. The molecule has 7 nitrogen and oxygen atoms in total. The molecule has 0 aliphatic carbocycles. The van der Waals surface area contributed by atoms with Crippen molar-refractivity contribution in [3.8, 4) is 6.07 Å². The van der Waals surface area contributed by atoms with Gasteiger partial charge in [0.1, 0.15) is 6.42 Å². The first-order chi connectivity index (χ1) is 11.8. The topological polar surface area (TPSA) is 93.5 Å². The molecule has 0 aromatic heterocycles. The number of hydrogen-bond acceptors (Lipinski definition) is 5. The second-order valence-electron chi connectivity index (χ2n) is 5.32. The molecule has 0 heterocycles. The van der Waals surface area contributed by atoms with Crippen molar-refractivity contribution in [1.82, 2.24) is 4.31 Å². The number of nitrogens with one attached hydrogen (secondary N) is 1. The third kappa shape index (κ3) is 4.94. The summed E-state index contributed by atoms with van der Waals surface area (Å²) in [6.07, 6.45) is -0.287. The van der Waals surface area contributed by atoms with Crippen LogP contribution < -0.4 is 10.2 Å². The van der Waals surface area contributed by atoms with Gasteiger partial charge in [-0.3, -0.25) is 4.79 Å². The molecule has 1 rings (SSSR count). The summed E-state index contributed by atoms with van der Waals surface area (Å²) >= 11 is 0. The Morgan fingerprint density at radius 1 is 1.12 bits per heavy atom. The van der Waals surface area contributed by atoms with Gasteiger partial charge in [-0.15, -0.1) is 0 Å². The highest BCUT2D eigenvalue weighted by Gasteiger charge is 2.23. The van der Waals surface area contributed by atoms with Gasteiger partial charge < -0.3 is 10.2 Å². The molecule has 1 amide bonds. The van der Waals surface area contributed by atoms with E-state index in [0.717, 1.165) is 5.69 Å². The van der Waals surface area contributed by atoms with Crippen molar-refractivity contribution in [1.29, 1.82) is 5.26 Å². The van der Waals surface area contributed by atoms with E-state index in [4.69, 9.17) is 5.26 Å². The minimum absolute atomic E-state index is 0.124. The van der Waals surface area contributed by atoms with Crippen molar-refractivity contribution in [3.63, 3.8) is 0 Å². The number of anilines is 2. The number of carbonyl (C=O) groups excluding carboxylic acids is 1. The standard InChI is InChI=1S/C17H26N4O3S/c1-5-20(6-2)16-10-9-14(25(23,24)21(7-3)8-4)13-15(16)19-17(22)11-12-18/h9-10,13H,5-8,11H2,1-4H3,(H,19,22). The molecule has 0 spiro atoms. The molecule has 0 aliphatic rings. The average molecular weight is 366 g/mol. The molecule has 8 heteroatoms. The molecule has 0 bridgehead atoms. The largest absolute Gasteiger partial charge is 0.370 e. The van der Waals surface area contributed by atoms with Crippen LogP contribution in [0.2, 0.25) is 0 Å². The zero-order valence-electron chi connectivity index (χ0n) is 15.2. The first-order valence-electron chi connectivity index (χ1n) is 8.41. The van der Waals surface area contributed by atoms with E-state index in [1.165, 1.54) is 10.4 Å². The van der Waals surface area contributed by atoms with Crippen LogP contribution in [-0.2, 0) is 14.8 Å². The van der Waals surface area contributed by atoms with Crippen LogP contribution in [0, 0.1) is 11.3 Å². The summed E-state index contributed by atoms with van der Waals surface area (Å²) in [5, 5.41) is 11.3. The van der Waals surface area contributed by atoms with Gasteiger partial charge in [-0.2, -0.15) is 9.57 Å². The molecule has 0 saturated carbocycles. The lowest BCUT2D eigenvalue weighted by molar-refractivity contribution is -0.115. The fourth-order valence-electron chi connectivity index (χ4n) is 2.59. The van der Waals surface area contributed by atoms with Crippen LogP contribution in [0.25, 0.3) is 0 Å². The molecule has 1 aromatic rings. The maximum atomic E-state index is 12.7. The highest BCUT2D eigenvalue weighted by atomic mass is 32.2. The lowest BCUT2D eigenvalue weighted by atomic mass is 10.2. The number of carbonyl (C=O) groups is 1. The van der Waals surface area contributed by atoms with Crippen molar-refractivity contribution in [2.45, 2.75) is 39.0 Å². The van der Waals surface area contributed by atoms with Gasteiger partial charge in [0.2, 0.25) is 15.9 Å². The van der Waals surface area contributed by atoms with Gasteiger partial charge in [0.25, 0.3) is 0 Å².